The lowest BCUT2D eigenvalue weighted by Gasteiger charge is -2.31. The smallest absolute Gasteiger partial charge is 0.319 e. The number of pyridine rings is 1. The van der Waals surface area contributed by atoms with Crippen LogP contribution >= 0.6 is 11.3 Å². The Hall–Kier alpha value is -3.75. The molecule has 14 heteroatoms. The molecule has 4 aromatic rings. The Labute approximate surface area is 253 Å². The van der Waals surface area contributed by atoms with Gasteiger partial charge in [-0.15, -0.1) is 0 Å². The van der Waals surface area contributed by atoms with E-state index in [4.69, 9.17) is 20.2 Å². The predicted octanol–water partition coefficient (Wildman–Crippen LogP) is 4.36. The first kappa shape index (κ1) is 27.8. The van der Waals surface area contributed by atoms with Gasteiger partial charge in [-0.05, 0) is 37.9 Å². The molecule has 2 N–H and O–H groups in total. The summed E-state index contributed by atoms with van der Waals surface area (Å²) in [4.78, 5) is 31.9. The van der Waals surface area contributed by atoms with E-state index in [1.165, 1.54) is 16.7 Å². The molecule has 1 aromatic carbocycles. The van der Waals surface area contributed by atoms with E-state index in [-0.39, 0.29) is 55.9 Å². The zero-order valence-corrected chi connectivity index (χ0v) is 24.6. The fraction of sp³-hybridized carbons (Fsp3) is 0.467. The third kappa shape index (κ3) is 4.45. The quantitative estimate of drug-likeness (QED) is 0.334. The molecule has 3 saturated heterocycles. The zero-order valence-electron chi connectivity index (χ0n) is 23.8. The molecule has 1 aliphatic carbocycles. The minimum absolute atomic E-state index is 0.0230. The maximum Gasteiger partial charge on any atom is 0.319 e. The van der Waals surface area contributed by atoms with Crippen LogP contribution in [0.1, 0.15) is 32.1 Å². The van der Waals surface area contributed by atoms with Gasteiger partial charge in [-0.25, -0.2) is 18.2 Å². The Morgan fingerprint density at radius 2 is 1.98 bits per heavy atom. The molecule has 0 bridgehead atoms. The predicted molar refractivity (Wildman–Crippen MR) is 162 cm³/mol. The van der Waals surface area contributed by atoms with Crippen molar-refractivity contribution in [3.63, 3.8) is 0 Å². The number of nitrogens with two attached hydrogens (primary N) is 1. The van der Waals surface area contributed by atoms with Crippen LogP contribution in [0.25, 0.3) is 38.1 Å². The molecule has 2 atom stereocenters. The Balaban J connectivity index is 1.34. The van der Waals surface area contributed by atoms with Gasteiger partial charge in [0.15, 0.2) is 10.9 Å². The topological polar surface area (TPSA) is 112 Å². The van der Waals surface area contributed by atoms with E-state index in [2.05, 4.69) is 14.9 Å². The van der Waals surface area contributed by atoms with Crippen molar-refractivity contribution >= 4 is 49.1 Å². The highest BCUT2D eigenvalue weighted by atomic mass is 32.1. The van der Waals surface area contributed by atoms with Crippen LogP contribution in [0, 0.1) is 11.6 Å². The molecule has 10 nitrogen and oxygen atoms in total. The Bertz CT molecular complexity index is 1900. The molecule has 3 aromatic heterocycles. The van der Waals surface area contributed by atoms with E-state index >= 15 is 4.39 Å². The fourth-order valence-electron chi connectivity index (χ4n) is 7.03. The van der Waals surface area contributed by atoms with Gasteiger partial charge in [0, 0.05) is 50.3 Å². The summed E-state index contributed by atoms with van der Waals surface area (Å²) in [5.74, 6) is -1.06. The van der Waals surface area contributed by atoms with Gasteiger partial charge in [0.25, 0.3) is 5.56 Å². The first-order chi connectivity index (χ1) is 21.3. The summed E-state index contributed by atoms with van der Waals surface area (Å²) in [6.07, 6.45) is 4.14. The second-order valence-electron chi connectivity index (χ2n) is 11.9. The van der Waals surface area contributed by atoms with Gasteiger partial charge < -0.3 is 20.1 Å². The van der Waals surface area contributed by atoms with Crippen molar-refractivity contribution in [1.29, 1.82) is 0 Å². The lowest BCUT2D eigenvalue weighted by atomic mass is 9.95. The van der Waals surface area contributed by atoms with Crippen molar-refractivity contribution < 1.29 is 22.6 Å². The molecular formula is C30H30F3N7O3S. The van der Waals surface area contributed by atoms with E-state index in [0.29, 0.717) is 57.8 Å². The number of ether oxygens (including phenoxy) is 2. The summed E-state index contributed by atoms with van der Waals surface area (Å²) in [5.41, 5.74) is 5.68. The number of benzene rings is 1. The molecule has 0 saturated carbocycles. The minimum atomic E-state index is -0.938. The number of nitrogen functional groups attached to an aromatic ring is 1. The summed E-state index contributed by atoms with van der Waals surface area (Å²) in [5, 5.41) is 0.147. The molecule has 230 valence electrons. The van der Waals surface area contributed by atoms with E-state index < -0.39 is 28.9 Å². The largest absolute Gasteiger partial charge is 0.461 e. The summed E-state index contributed by atoms with van der Waals surface area (Å²) in [7, 11) is 0. The molecule has 44 heavy (non-hydrogen) atoms. The first-order valence-electron chi connectivity index (χ1n) is 14.9. The van der Waals surface area contributed by atoms with Crippen molar-refractivity contribution in [3.8, 4) is 17.3 Å². The van der Waals surface area contributed by atoms with Crippen LogP contribution in [0.5, 0.6) is 6.01 Å². The molecule has 0 amide bonds. The third-order valence-electron chi connectivity index (χ3n) is 9.12. The van der Waals surface area contributed by atoms with E-state index in [1.54, 1.807) is 0 Å². The fourth-order valence-corrected chi connectivity index (χ4v) is 7.80. The SMILES string of the molecule is Nc1nc2c(-c3c(F)c4nc(OC[C@@]56CCCN5C[C@H](F)C6)nc(N5CCCOCC5)c4c(=O)n3C3=CC3)ccc(F)c2s1. The van der Waals surface area contributed by atoms with Gasteiger partial charge in [-0.2, -0.15) is 9.97 Å². The van der Waals surface area contributed by atoms with Gasteiger partial charge >= 0.3 is 6.01 Å². The number of alkyl halides is 1. The second kappa shape index (κ2) is 10.4. The molecule has 0 unspecified atom stereocenters. The van der Waals surface area contributed by atoms with Crippen molar-refractivity contribution in [3.05, 3.63) is 40.2 Å². The number of hydrogen-bond donors (Lipinski definition) is 1. The lowest BCUT2D eigenvalue weighted by Crippen LogP contribution is -2.43. The van der Waals surface area contributed by atoms with Gasteiger partial charge in [0.1, 0.15) is 35.3 Å². The van der Waals surface area contributed by atoms with Crippen molar-refractivity contribution in [2.45, 2.75) is 43.8 Å². The Morgan fingerprint density at radius 1 is 1.11 bits per heavy atom. The standard InChI is InChI=1S/C30H30F3N7O3S/c31-16-13-30(7-1-9-39(30)14-16)15-43-29-36-23-20(26(37-29)38-8-2-11-42-12-10-38)27(41)40(17-3-4-17)24(21(23)33)18-5-6-19(32)25-22(18)35-28(34)44-25/h3,5-6,16H,1-2,4,7-15H2,(H2,34,35)/t16-,30+/m1/s1. The van der Waals surface area contributed by atoms with Crippen molar-refractivity contribution in [2.24, 2.45) is 0 Å². The average Bonchev–Trinajstić information content (AvgIpc) is 3.64. The lowest BCUT2D eigenvalue weighted by molar-refractivity contribution is 0.107. The van der Waals surface area contributed by atoms with Crippen LogP contribution in [-0.4, -0.2) is 82.1 Å². The summed E-state index contributed by atoms with van der Waals surface area (Å²) in [6.45, 7) is 3.25. The highest BCUT2D eigenvalue weighted by Gasteiger charge is 2.49. The number of hydrogen-bond acceptors (Lipinski definition) is 10. The van der Waals surface area contributed by atoms with Crippen LogP contribution in [0.2, 0.25) is 0 Å². The molecular weight excluding hydrogens is 595 g/mol. The maximum atomic E-state index is 17.0. The van der Waals surface area contributed by atoms with Crippen LogP contribution in [0.4, 0.5) is 24.1 Å². The molecule has 3 aliphatic heterocycles. The highest BCUT2D eigenvalue weighted by molar-refractivity contribution is 7.22. The molecule has 6 heterocycles. The van der Waals surface area contributed by atoms with Gasteiger partial charge in [0.05, 0.1) is 28.1 Å². The number of nitrogens with zero attached hydrogens (tertiary/aromatic N) is 6. The van der Waals surface area contributed by atoms with Crippen molar-refractivity contribution in [1.82, 2.24) is 24.4 Å². The molecule has 0 spiro atoms. The molecule has 3 fully saturated rings. The number of fused-ring (bicyclic) bond motifs is 3. The van der Waals surface area contributed by atoms with E-state index in [0.717, 1.165) is 30.7 Å². The second-order valence-corrected chi connectivity index (χ2v) is 12.9. The van der Waals surface area contributed by atoms with Gasteiger partial charge in [0.2, 0.25) is 0 Å². The zero-order chi connectivity index (χ0) is 30.2. The summed E-state index contributed by atoms with van der Waals surface area (Å²) < 4.78 is 59.5. The van der Waals surface area contributed by atoms with Crippen LogP contribution in [-0.2, 0) is 4.74 Å². The number of halogens is 3. The van der Waals surface area contributed by atoms with E-state index in [1.807, 2.05) is 11.0 Å². The third-order valence-corrected chi connectivity index (χ3v) is 10.0. The Morgan fingerprint density at radius 3 is 2.82 bits per heavy atom. The number of allylic oxidation sites excluding steroid dienone is 2. The van der Waals surface area contributed by atoms with Crippen LogP contribution in [0.3, 0.4) is 0 Å². The average molecular weight is 626 g/mol. The van der Waals surface area contributed by atoms with Gasteiger partial charge in [-0.3, -0.25) is 14.3 Å². The van der Waals surface area contributed by atoms with Crippen LogP contribution < -0.4 is 20.9 Å². The number of rotatable bonds is 6. The van der Waals surface area contributed by atoms with Crippen LogP contribution in [0.15, 0.2) is 23.0 Å². The monoisotopic (exact) mass is 625 g/mol. The van der Waals surface area contributed by atoms with Gasteiger partial charge in [-0.1, -0.05) is 17.4 Å². The summed E-state index contributed by atoms with van der Waals surface area (Å²) in [6, 6.07) is 2.54. The molecule has 8 rings (SSSR count). The number of thiazole rings is 1. The maximum absolute atomic E-state index is 17.0. The summed E-state index contributed by atoms with van der Waals surface area (Å²) >= 11 is 0.955. The highest BCUT2D eigenvalue weighted by Crippen LogP contribution is 2.42. The normalized spacial score (nSPS) is 23.8. The number of aromatic nitrogens is 4. The van der Waals surface area contributed by atoms with Crippen molar-refractivity contribution in [2.75, 3.05) is 56.6 Å². The first-order valence-corrected chi connectivity index (χ1v) is 15.7. The van der Waals surface area contributed by atoms with E-state index in [9.17, 15) is 13.6 Å². The molecule has 4 aliphatic rings. The minimum Gasteiger partial charge on any atom is -0.461 e. The Kier molecular flexibility index (Phi) is 6.58. The number of anilines is 2. The molecule has 0 radical (unpaired) electrons.